The lowest BCUT2D eigenvalue weighted by Crippen LogP contribution is -2.40. The zero-order chi connectivity index (χ0) is 19.2. The number of thiocarbonyl (C=S) groups is 1. The van der Waals surface area contributed by atoms with Crippen LogP contribution in [-0.4, -0.2) is 51.2 Å². The Hall–Kier alpha value is -2.65. The van der Waals surface area contributed by atoms with Crippen LogP contribution in [0.3, 0.4) is 0 Å². The highest BCUT2D eigenvalue weighted by molar-refractivity contribution is 8.26. The Morgan fingerprint density at radius 2 is 2.33 bits per heavy atom. The van der Waals surface area contributed by atoms with Crippen molar-refractivity contribution < 1.29 is 14.3 Å². The van der Waals surface area contributed by atoms with Gasteiger partial charge in [-0.15, -0.1) is 0 Å². The molecule has 1 aromatic heterocycles. The van der Waals surface area contributed by atoms with Gasteiger partial charge in [0.2, 0.25) is 5.91 Å². The number of amides is 2. The van der Waals surface area contributed by atoms with E-state index in [1.165, 1.54) is 16.7 Å². The molecule has 0 aliphatic carbocycles. The molecule has 1 aliphatic heterocycles. The fourth-order valence-corrected chi connectivity index (χ4v) is 3.73. The standard InChI is InChI=1S/C18H18N4O3S2/c1-25-14-4-2-3-12(7-14)8-15-17(24)22(18(26)27-15)10-16(23)20-6-5-13-9-19-11-21-13/h2-4,7-9,11H,5-6,10H2,1H3,(H,19,21)(H,20,23). The van der Waals surface area contributed by atoms with Gasteiger partial charge in [-0.25, -0.2) is 4.98 Å². The highest BCUT2D eigenvalue weighted by atomic mass is 32.2. The molecule has 2 N–H and O–H groups in total. The summed E-state index contributed by atoms with van der Waals surface area (Å²) in [5.74, 6) is 0.181. The molecule has 0 radical (unpaired) electrons. The van der Waals surface area contributed by atoms with Gasteiger partial charge >= 0.3 is 0 Å². The molecular formula is C18H18N4O3S2. The molecule has 0 saturated carbocycles. The molecule has 0 atom stereocenters. The van der Waals surface area contributed by atoms with Gasteiger partial charge in [-0.1, -0.05) is 36.1 Å². The van der Waals surface area contributed by atoms with Crippen molar-refractivity contribution >= 4 is 46.2 Å². The van der Waals surface area contributed by atoms with Crippen molar-refractivity contribution in [1.82, 2.24) is 20.2 Å². The highest BCUT2D eigenvalue weighted by Gasteiger charge is 2.33. The number of carbonyl (C=O) groups excluding carboxylic acids is 2. The average Bonchev–Trinajstić information content (AvgIpc) is 3.26. The Bertz CT molecular complexity index is 880. The number of aromatic nitrogens is 2. The molecule has 0 bridgehead atoms. The van der Waals surface area contributed by atoms with Gasteiger partial charge in [0.25, 0.3) is 5.91 Å². The molecule has 1 aromatic carbocycles. The van der Waals surface area contributed by atoms with Gasteiger partial charge in [0.05, 0.1) is 18.3 Å². The number of ether oxygens (including phenoxy) is 1. The number of aromatic amines is 1. The summed E-state index contributed by atoms with van der Waals surface area (Å²) in [6.07, 6.45) is 5.68. The molecule has 1 fully saturated rings. The van der Waals surface area contributed by atoms with Crippen LogP contribution < -0.4 is 10.1 Å². The second-order valence-corrected chi connectivity index (χ2v) is 7.40. The second kappa shape index (κ2) is 8.83. The smallest absolute Gasteiger partial charge is 0.266 e. The Kier molecular flexibility index (Phi) is 6.25. The van der Waals surface area contributed by atoms with Crippen LogP contribution in [0.25, 0.3) is 6.08 Å². The Labute approximate surface area is 166 Å². The van der Waals surface area contributed by atoms with E-state index in [1.54, 1.807) is 25.7 Å². The first-order valence-corrected chi connectivity index (χ1v) is 9.42. The van der Waals surface area contributed by atoms with Crippen molar-refractivity contribution in [2.75, 3.05) is 20.2 Å². The van der Waals surface area contributed by atoms with Crippen LogP contribution in [0.2, 0.25) is 0 Å². The minimum absolute atomic E-state index is 0.0942. The van der Waals surface area contributed by atoms with Gasteiger partial charge in [0, 0.05) is 24.9 Å². The van der Waals surface area contributed by atoms with Gasteiger partial charge in [-0.2, -0.15) is 0 Å². The topological polar surface area (TPSA) is 87.3 Å². The van der Waals surface area contributed by atoms with E-state index in [0.717, 1.165) is 11.3 Å². The summed E-state index contributed by atoms with van der Waals surface area (Å²) in [6, 6.07) is 7.38. The molecule has 27 heavy (non-hydrogen) atoms. The van der Waals surface area contributed by atoms with Gasteiger partial charge in [-0.3, -0.25) is 14.5 Å². The summed E-state index contributed by atoms with van der Waals surface area (Å²) in [5, 5.41) is 2.78. The lowest BCUT2D eigenvalue weighted by Gasteiger charge is -2.14. The second-order valence-electron chi connectivity index (χ2n) is 5.72. The van der Waals surface area contributed by atoms with Crippen molar-refractivity contribution in [1.29, 1.82) is 0 Å². The van der Waals surface area contributed by atoms with E-state index >= 15 is 0 Å². The zero-order valence-electron chi connectivity index (χ0n) is 14.6. The molecule has 3 rings (SSSR count). The van der Waals surface area contributed by atoms with E-state index in [2.05, 4.69) is 15.3 Å². The first-order valence-electron chi connectivity index (χ1n) is 8.20. The Balaban J connectivity index is 1.58. The summed E-state index contributed by atoms with van der Waals surface area (Å²) >= 11 is 6.45. The lowest BCUT2D eigenvalue weighted by atomic mass is 10.2. The summed E-state index contributed by atoms with van der Waals surface area (Å²) in [7, 11) is 1.59. The number of nitrogens with one attached hydrogen (secondary N) is 2. The Morgan fingerprint density at radius 1 is 1.48 bits per heavy atom. The predicted octanol–water partition coefficient (Wildman–Crippen LogP) is 1.98. The number of methoxy groups -OCH3 is 1. The van der Waals surface area contributed by atoms with Crippen LogP contribution in [0.1, 0.15) is 11.3 Å². The molecule has 1 aliphatic rings. The average molecular weight is 403 g/mol. The van der Waals surface area contributed by atoms with Crippen LogP contribution in [0.15, 0.2) is 41.7 Å². The van der Waals surface area contributed by atoms with Crippen LogP contribution in [-0.2, 0) is 16.0 Å². The van der Waals surface area contributed by atoms with Gasteiger partial charge < -0.3 is 15.0 Å². The third-order valence-corrected chi connectivity index (χ3v) is 5.22. The minimum atomic E-state index is -0.267. The van der Waals surface area contributed by atoms with E-state index in [-0.39, 0.29) is 18.4 Å². The fourth-order valence-electron chi connectivity index (χ4n) is 2.48. The molecule has 0 unspecified atom stereocenters. The fraction of sp³-hybridized carbons (Fsp3) is 0.222. The normalized spacial score (nSPS) is 15.4. The molecule has 0 spiro atoms. The van der Waals surface area contributed by atoms with Crippen molar-refractivity contribution in [2.24, 2.45) is 0 Å². The molecule has 2 aromatic rings. The predicted molar refractivity (Wildman–Crippen MR) is 108 cm³/mol. The summed E-state index contributed by atoms with van der Waals surface area (Å²) in [6.45, 7) is 0.360. The minimum Gasteiger partial charge on any atom is -0.497 e. The van der Waals surface area contributed by atoms with Gasteiger partial charge in [0.1, 0.15) is 16.6 Å². The number of hydrogen-bond acceptors (Lipinski definition) is 6. The van der Waals surface area contributed by atoms with Crippen LogP contribution in [0.4, 0.5) is 0 Å². The van der Waals surface area contributed by atoms with E-state index in [1.807, 2.05) is 24.3 Å². The van der Waals surface area contributed by atoms with Crippen molar-refractivity contribution in [3.63, 3.8) is 0 Å². The maximum Gasteiger partial charge on any atom is 0.266 e. The SMILES string of the molecule is COc1cccc(C=C2SC(=S)N(CC(=O)NCCc3cnc[nH]3)C2=O)c1. The van der Waals surface area contributed by atoms with E-state index < -0.39 is 0 Å². The van der Waals surface area contributed by atoms with E-state index in [0.29, 0.717) is 27.9 Å². The van der Waals surface area contributed by atoms with Crippen LogP contribution in [0, 0.1) is 0 Å². The number of nitrogens with zero attached hydrogens (tertiary/aromatic N) is 2. The zero-order valence-corrected chi connectivity index (χ0v) is 16.2. The van der Waals surface area contributed by atoms with Crippen molar-refractivity contribution in [3.8, 4) is 5.75 Å². The summed E-state index contributed by atoms with van der Waals surface area (Å²) in [4.78, 5) is 33.4. The molecule has 9 heteroatoms. The van der Waals surface area contributed by atoms with E-state index in [9.17, 15) is 9.59 Å². The van der Waals surface area contributed by atoms with E-state index in [4.69, 9.17) is 17.0 Å². The number of benzene rings is 1. The third kappa shape index (κ3) is 4.95. The quantitative estimate of drug-likeness (QED) is 0.544. The maximum atomic E-state index is 12.6. The monoisotopic (exact) mass is 402 g/mol. The highest BCUT2D eigenvalue weighted by Crippen LogP contribution is 2.32. The number of H-pyrrole nitrogens is 1. The number of thioether (sulfide) groups is 1. The van der Waals surface area contributed by atoms with Gasteiger partial charge in [-0.05, 0) is 23.8 Å². The van der Waals surface area contributed by atoms with Gasteiger partial charge in [0.15, 0.2) is 0 Å². The number of hydrogen-bond donors (Lipinski definition) is 2. The lowest BCUT2D eigenvalue weighted by molar-refractivity contribution is -0.128. The van der Waals surface area contributed by atoms with Crippen molar-refractivity contribution in [3.05, 3.63) is 53.0 Å². The first-order chi connectivity index (χ1) is 13.1. The van der Waals surface area contributed by atoms with Crippen LogP contribution in [0.5, 0.6) is 5.75 Å². The number of imidazole rings is 1. The number of carbonyl (C=O) groups is 2. The molecule has 1 saturated heterocycles. The molecule has 2 amide bonds. The summed E-state index contributed by atoms with van der Waals surface area (Å²) in [5.41, 5.74) is 1.76. The first kappa shape index (κ1) is 19.1. The molecule has 140 valence electrons. The molecule has 7 nitrogen and oxygen atoms in total. The molecular weight excluding hydrogens is 384 g/mol. The molecule has 2 heterocycles. The van der Waals surface area contributed by atoms with Crippen molar-refractivity contribution in [2.45, 2.75) is 6.42 Å². The third-order valence-electron chi connectivity index (χ3n) is 3.84. The number of rotatable bonds is 7. The largest absolute Gasteiger partial charge is 0.497 e. The van der Waals surface area contributed by atoms with Crippen LogP contribution >= 0.6 is 24.0 Å². The summed E-state index contributed by atoms with van der Waals surface area (Å²) < 4.78 is 5.56. The maximum absolute atomic E-state index is 12.6. The Morgan fingerprint density at radius 3 is 3.07 bits per heavy atom.